The van der Waals surface area contributed by atoms with E-state index in [0.29, 0.717) is 27.2 Å². The van der Waals surface area contributed by atoms with Crippen LogP contribution in [0.25, 0.3) is 10.8 Å². The second kappa shape index (κ2) is 9.87. The summed E-state index contributed by atoms with van der Waals surface area (Å²) >= 11 is 6.24. The van der Waals surface area contributed by atoms with E-state index in [1.165, 1.54) is 6.20 Å². The Morgan fingerprint density at radius 2 is 1.85 bits per heavy atom. The van der Waals surface area contributed by atoms with Crippen molar-refractivity contribution in [3.05, 3.63) is 70.9 Å². The number of fused-ring (bicyclic) bond motifs is 1. The van der Waals surface area contributed by atoms with Gasteiger partial charge in [0.15, 0.2) is 5.96 Å². The normalized spacial score (nSPS) is 12.1. The monoisotopic (exact) mass is 467 g/mol. The largest absolute Gasteiger partial charge is 0.458 e. The fourth-order valence-corrected chi connectivity index (χ4v) is 3.45. The number of nitrogens with one attached hydrogen (secondary N) is 3. The summed E-state index contributed by atoms with van der Waals surface area (Å²) in [5, 5.41) is 14.5. The molecule has 1 aromatic heterocycles. The summed E-state index contributed by atoms with van der Waals surface area (Å²) in [5.41, 5.74) is 5.92. The first-order valence-electron chi connectivity index (χ1n) is 10.3. The predicted molar refractivity (Wildman–Crippen MR) is 130 cm³/mol. The molecule has 0 spiro atoms. The molecule has 3 rings (SSSR count). The maximum Gasteiger partial charge on any atom is 0.329 e. The fourth-order valence-electron chi connectivity index (χ4n) is 3.23. The van der Waals surface area contributed by atoms with Crippen molar-refractivity contribution in [1.82, 2.24) is 10.3 Å². The lowest BCUT2D eigenvalue weighted by Crippen LogP contribution is -2.45. The average Bonchev–Trinajstić information content (AvgIpc) is 2.74. The van der Waals surface area contributed by atoms with Gasteiger partial charge in [-0.2, -0.15) is 0 Å². The number of nitrogens with two attached hydrogens (primary N) is 1. The van der Waals surface area contributed by atoms with Crippen molar-refractivity contribution < 1.29 is 14.3 Å². The molecule has 5 N–H and O–H groups in total. The Morgan fingerprint density at radius 3 is 2.48 bits per heavy atom. The highest BCUT2D eigenvalue weighted by Crippen LogP contribution is 2.29. The number of nitrogens with zero attached hydrogens (tertiary/aromatic N) is 1. The molecule has 8 nitrogen and oxygen atoms in total. The zero-order valence-electron chi connectivity index (χ0n) is 18.6. The third-order valence-corrected chi connectivity index (χ3v) is 4.93. The number of ether oxygens (including phenoxy) is 1. The van der Waals surface area contributed by atoms with Crippen LogP contribution in [-0.4, -0.2) is 34.5 Å². The molecule has 1 amide bonds. The Hall–Kier alpha value is -3.65. The van der Waals surface area contributed by atoms with Gasteiger partial charge in [-0.15, -0.1) is 0 Å². The Balaban J connectivity index is 1.92. The van der Waals surface area contributed by atoms with E-state index < -0.39 is 23.5 Å². The van der Waals surface area contributed by atoms with Gasteiger partial charge >= 0.3 is 5.97 Å². The van der Waals surface area contributed by atoms with Gasteiger partial charge in [-0.3, -0.25) is 10.2 Å². The Morgan fingerprint density at radius 1 is 1.15 bits per heavy atom. The Bertz CT molecular complexity index is 1190. The van der Waals surface area contributed by atoms with Gasteiger partial charge in [0.05, 0.1) is 5.02 Å². The van der Waals surface area contributed by atoms with Gasteiger partial charge in [0.1, 0.15) is 17.5 Å². The lowest BCUT2D eigenvalue weighted by atomic mass is 10.0. The number of halogens is 1. The number of carbonyl (C=O) groups excluding carboxylic acids is 2. The molecule has 1 heterocycles. The van der Waals surface area contributed by atoms with Crippen molar-refractivity contribution in [3.8, 4) is 0 Å². The summed E-state index contributed by atoms with van der Waals surface area (Å²) in [7, 11) is 0. The summed E-state index contributed by atoms with van der Waals surface area (Å²) < 4.78 is 5.53. The van der Waals surface area contributed by atoms with Crippen molar-refractivity contribution in [3.63, 3.8) is 0 Å². The van der Waals surface area contributed by atoms with Gasteiger partial charge in [-0.25, -0.2) is 9.78 Å². The standard InChI is InChI=1S/C24H26ClN5O3/c1-24(2,3)33-22(32)19(11-14-7-5-4-6-8-14)29-21(31)15-9-10-16-17(12-15)20(30-23(26)27)28-13-18(16)25/h4-10,12-13,19H,11H2,1-3H3,(H,29,31)(H4,26,27,28,30). The number of amides is 1. The quantitative estimate of drug-likeness (QED) is 0.247. The SMILES string of the molecule is CC(C)(C)OC(=O)C(Cc1ccccc1)NC(=O)c1ccc2c(Cl)cnc(NC(=N)N)c2c1. The van der Waals surface area contributed by atoms with E-state index in [-0.39, 0.29) is 12.4 Å². The molecule has 0 saturated carbocycles. The molecular weight excluding hydrogens is 442 g/mol. The molecule has 1 unspecified atom stereocenters. The molecule has 0 bridgehead atoms. The lowest BCUT2D eigenvalue weighted by Gasteiger charge is -2.25. The lowest BCUT2D eigenvalue weighted by molar-refractivity contribution is -0.157. The van der Waals surface area contributed by atoms with Crippen molar-refractivity contribution in [2.75, 3.05) is 5.32 Å². The number of aromatic nitrogens is 1. The van der Waals surface area contributed by atoms with Gasteiger partial charge in [0.25, 0.3) is 5.91 Å². The molecule has 0 radical (unpaired) electrons. The number of pyridine rings is 1. The van der Waals surface area contributed by atoms with E-state index in [2.05, 4.69) is 15.6 Å². The highest BCUT2D eigenvalue weighted by atomic mass is 35.5. The van der Waals surface area contributed by atoms with Crippen molar-refractivity contribution in [2.45, 2.75) is 38.8 Å². The van der Waals surface area contributed by atoms with E-state index in [4.69, 9.17) is 27.5 Å². The smallest absolute Gasteiger partial charge is 0.329 e. The molecular formula is C24H26ClN5O3. The second-order valence-corrected chi connectivity index (χ2v) is 8.91. The molecule has 0 aliphatic rings. The van der Waals surface area contributed by atoms with Crippen LogP contribution >= 0.6 is 11.6 Å². The van der Waals surface area contributed by atoms with Crippen molar-refractivity contribution >= 4 is 46.0 Å². The third-order valence-electron chi connectivity index (χ3n) is 4.63. The fraction of sp³-hybridized carbons (Fsp3) is 0.250. The molecule has 9 heteroatoms. The van der Waals surface area contributed by atoms with Crippen LogP contribution in [-0.2, 0) is 16.0 Å². The number of carbonyl (C=O) groups is 2. The minimum Gasteiger partial charge on any atom is -0.458 e. The van der Waals surface area contributed by atoms with E-state index in [0.717, 1.165) is 5.56 Å². The summed E-state index contributed by atoms with van der Waals surface area (Å²) in [6.45, 7) is 5.32. The van der Waals surface area contributed by atoms with Crippen LogP contribution in [0.4, 0.5) is 5.82 Å². The highest BCUT2D eigenvalue weighted by molar-refractivity contribution is 6.36. The number of guanidine groups is 1. The van der Waals surface area contributed by atoms with Crippen LogP contribution in [0.15, 0.2) is 54.7 Å². The minimum atomic E-state index is -0.887. The minimum absolute atomic E-state index is 0.277. The van der Waals surface area contributed by atoms with Gasteiger partial charge < -0.3 is 21.1 Å². The highest BCUT2D eigenvalue weighted by Gasteiger charge is 2.27. The molecule has 2 aromatic carbocycles. The van der Waals surface area contributed by atoms with Gasteiger partial charge in [0, 0.05) is 29.0 Å². The maximum atomic E-state index is 13.1. The van der Waals surface area contributed by atoms with Crippen LogP contribution in [0.1, 0.15) is 36.7 Å². The number of hydrogen-bond acceptors (Lipinski definition) is 5. The molecule has 1 atom stereocenters. The zero-order valence-corrected chi connectivity index (χ0v) is 19.4. The number of esters is 1. The number of benzene rings is 2. The molecule has 0 fully saturated rings. The molecule has 3 aromatic rings. The third kappa shape index (κ3) is 6.43. The average molecular weight is 468 g/mol. The van der Waals surface area contributed by atoms with E-state index >= 15 is 0 Å². The van der Waals surface area contributed by atoms with Crippen LogP contribution in [0, 0.1) is 5.41 Å². The van der Waals surface area contributed by atoms with Crippen molar-refractivity contribution in [1.29, 1.82) is 5.41 Å². The summed E-state index contributed by atoms with van der Waals surface area (Å²) in [4.78, 5) is 30.1. The molecule has 33 heavy (non-hydrogen) atoms. The zero-order chi connectivity index (χ0) is 24.2. The van der Waals surface area contributed by atoms with Gasteiger partial charge in [0.2, 0.25) is 0 Å². The number of rotatable bonds is 6. The number of hydrogen-bond donors (Lipinski definition) is 4. The predicted octanol–water partition coefficient (Wildman–Crippen LogP) is 3.88. The second-order valence-electron chi connectivity index (χ2n) is 8.50. The topological polar surface area (TPSA) is 130 Å². The van der Waals surface area contributed by atoms with Crippen molar-refractivity contribution in [2.24, 2.45) is 5.73 Å². The summed E-state index contributed by atoms with van der Waals surface area (Å²) in [6.07, 6.45) is 1.72. The van der Waals surface area contributed by atoms with Crippen LogP contribution in [0.3, 0.4) is 0 Å². The van der Waals surface area contributed by atoms with Crippen LogP contribution in [0.5, 0.6) is 0 Å². The van der Waals surface area contributed by atoms with Crippen LogP contribution < -0.4 is 16.4 Å². The summed E-state index contributed by atoms with van der Waals surface area (Å²) in [5.74, 6) is -0.986. The molecule has 0 aliphatic carbocycles. The van der Waals surface area contributed by atoms with E-state index in [9.17, 15) is 9.59 Å². The number of anilines is 1. The molecule has 172 valence electrons. The van der Waals surface area contributed by atoms with E-state index in [1.54, 1.807) is 39.0 Å². The Kier molecular flexibility index (Phi) is 7.18. The first-order chi connectivity index (χ1) is 15.5. The Labute approximate surface area is 197 Å². The molecule has 0 aliphatic heterocycles. The summed E-state index contributed by atoms with van der Waals surface area (Å²) in [6, 6.07) is 13.4. The maximum absolute atomic E-state index is 13.1. The van der Waals surface area contributed by atoms with Gasteiger partial charge in [-0.05, 0) is 38.5 Å². The van der Waals surface area contributed by atoms with E-state index in [1.807, 2.05) is 30.3 Å². The first-order valence-corrected chi connectivity index (χ1v) is 10.7. The van der Waals surface area contributed by atoms with Gasteiger partial charge in [-0.1, -0.05) is 48.0 Å². The first kappa shape index (κ1) is 24.0. The molecule has 0 saturated heterocycles. The van der Waals surface area contributed by atoms with Crippen LogP contribution in [0.2, 0.25) is 5.02 Å².